The molecule has 0 spiro atoms. The minimum Gasteiger partial charge on any atom is -0.377 e. The van der Waals surface area contributed by atoms with Crippen LogP contribution in [-0.2, 0) is 29.1 Å². The number of aryl methyl sites for hydroxylation is 1. The van der Waals surface area contributed by atoms with Gasteiger partial charge in [0.1, 0.15) is 12.4 Å². The minimum atomic E-state index is 0.0899. The van der Waals surface area contributed by atoms with E-state index in [1.54, 1.807) is 14.2 Å². The molecule has 1 fully saturated rings. The van der Waals surface area contributed by atoms with Crippen LogP contribution in [0.15, 0.2) is 35.3 Å². The number of carbonyl (C=O) groups excluding carboxylic acids is 1. The maximum Gasteiger partial charge on any atom is 0.242 e. The van der Waals surface area contributed by atoms with Gasteiger partial charge in [-0.2, -0.15) is 5.10 Å². The predicted octanol–water partition coefficient (Wildman–Crippen LogP) is 0.253. The van der Waals surface area contributed by atoms with Gasteiger partial charge in [0.15, 0.2) is 11.8 Å². The Morgan fingerprint density at radius 2 is 2.00 bits per heavy atom. The smallest absolute Gasteiger partial charge is 0.242 e. The van der Waals surface area contributed by atoms with E-state index in [4.69, 9.17) is 4.74 Å². The van der Waals surface area contributed by atoms with Crippen LogP contribution in [0.2, 0.25) is 0 Å². The number of nitrogens with one attached hydrogen (secondary N) is 2. The van der Waals surface area contributed by atoms with Gasteiger partial charge in [-0.05, 0) is 18.6 Å². The van der Waals surface area contributed by atoms with Crippen LogP contribution in [0.3, 0.4) is 0 Å². The predicted molar refractivity (Wildman–Crippen MR) is 123 cm³/mol. The number of guanidine groups is 1. The Balaban J connectivity index is 1.22. The molecule has 1 unspecified atom stereocenters. The second-order valence-electron chi connectivity index (χ2n) is 8.07. The van der Waals surface area contributed by atoms with Crippen LogP contribution in [0.5, 0.6) is 0 Å². The van der Waals surface area contributed by atoms with Crippen molar-refractivity contribution < 1.29 is 9.53 Å². The highest BCUT2D eigenvalue weighted by molar-refractivity contribution is 5.86. The second kappa shape index (κ2) is 10.4. The van der Waals surface area contributed by atoms with Gasteiger partial charge in [0.2, 0.25) is 5.91 Å². The third-order valence-corrected chi connectivity index (χ3v) is 5.90. The number of methoxy groups -OCH3 is 1. The number of ether oxygens (including phenoxy) is 1. The van der Waals surface area contributed by atoms with E-state index in [1.165, 1.54) is 5.69 Å². The number of hydrogen-bond acceptors (Lipinski definition) is 6. The molecule has 3 heterocycles. The van der Waals surface area contributed by atoms with Crippen LogP contribution in [0, 0.1) is 0 Å². The van der Waals surface area contributed by atoms with E-state index in [9.17, 15) is 4.79 Å². The van der Waals surface area contributed by atoms with Crippen LogP contribution in [-0.4, -0.2) is 84.5 Å². The van der Waals surface area contributed by atoms with Gasteiger partial charge in [0.25, 0.3) is 0 Å². The first-order valence-electron chi connectivity index (χ1n) is 11.1. The fraction of sp³-hybridized carbons (Fsp3) is 0.545. The molecule has 2 aliphatic rings. The summed E-state index contributed by atoms with van der Waals surface area (Å²) in [4.78, 5) is 25.7. The Bertz CT molecular complexity index is 921. The van der Waals surface area contributed by atoms with Gasteiger partial charge in [-0.25, -0.2) is 9.67 Å². The minimum absolute atomic E-state index is 0.0899. The zero-order chi connectivity index (χ0) is 22.3. The van der Waals surface area contributed by atoms with Crippen molar-refractivity contribution >= 4 is 17.6 Å². The summed E-state index contributed by atoms with van der Waals surface area (Å²) in [5, 5.41) is 11.1. The number of aliphatic imine (C=N–C) groups is 1. The molecule has 0 bridgehead atoms. The first-order chi connectivity index (χ1) is 15.7. The zero-order valence-electron chi connectivity index (χ0n) is 18.8. The van der Waals surface area contributed by atoms with E-state index in [0.29, 0.717) is 24.9 Å². The van der Waals surface area contributed by atoms with Crippen molar-refractivity contribution in [3.8, 4) is 0 Å². The first kappa shape index (κ1) is 22.1. The molecular weight excluding hydrogens is 408 g/mol. The third kappa shape index (κ3) is 5.37. The number of fused-ring (bicyclic) bond motifs is 1. The summed E-state index contributed by atoms with van der Waals surface area (Å²) in [5.41, 5.74) is 1.21. The van der Waals surface area contributed by atoms with Crippen LogP contribution >= 0.6 is 0 Å². The van der Waals surface area contributed by atoms with Crippen molar-refractivity contribution in [2.45, 2.75) is 32.0 Å². The molecule has 1 atom stereocenters. The number of nitrogens with zero attached hydrogens (tertiary/aromatic N) is 6. The van der Waals surface area contributed by atoms with Crippen molar-refractivity contribution in [3.63, 3.8) is 0 Å². The number of amides is 1. The monoisotopic (exact) mass is 440 g/mol. The molecule has 1 aromatic carbocycles. The zero-order valence-corrected chi connectivity index (χ0v) is 18.8. The summed E-state index contributed by atoms with van der Waals surface area (Å²) < 4.78 is 7.06. The van der Waals surface area contributed by atoms with Crippen LogP contribution < -0.4 is 15.5 Å². The maximum absolute atomic E-state index is 12.7. The maximum atomic E-state index is 12.7. The number of carbonyl (C=O) groups is 1. The van der Waals surface area contributed by atoms with Gasteiger partial charge in [-0.1, -0.05) is 18.2 Å². The average Bonchev–Trinajstić information content (AvgIpc) is 3.24. The van der Waals surface area contributed by atoms with Crippen molar-refractivity contribution in [2.24, 2.45) is 4.99 Å². The molecule has 2 aliphatic heterocycles. The summed E-state index contributed by atoms with van der Waals surface area (Å²) in [6.45, 7) is 4.49. The molecule has 1 saturated heterocycles. The van der Waals surface area contributed by atoms with Gasteiger partial charge in [-0.3, -0.25) is 9.79 Å². The Hall–Kier alpha value is -3.14. The van der Waals surface area contributed by atoms with E-state index in [0.717, 1.165) is 44.8 Å². The Morgan fingerprint density at radius 1 is 1.22 bits per heavy atom. The number of para-hydroxylation sites is 1. The van der Waals surface area contributed by atoms with Crippen LogP contribution in [0.1, 0.15) is 18.1 Å². The van der Waals surface area contributed by atoms with Gasteiger partial charge < -0.3 is 25.2 Å². The third-order valence-electron chi connectivity index (χ3n) is 5.90. The molecule has 2 aromatic rings. The van der Waals surface area contributed by atoms with Crippen LogP contribution in [0.25, 0.3) is 0 Å². The van der Waals surface area contributed by atoms with Crippen LogP contribution in [0.4, 0.5) is 5.69 Å². The Morgan fingerprint density at radius 3 is 2.72 bits per heavy atom. The standard InChI is InChI=1S/C22H32N8O2/c1-23-22(25-17-8-9-20-26-19(16-32-2)27-30(20)15-17)24-14-21(31)29-12-10-28(11-13-29)18-6-4-3-5-7-18/h3-7,17H,8-16H2,1-2H3,(H2,23,24,25). The fourth-order valence-corrected chi connectivity index (χ4v) is 4.18. The van der Waals surface area contributed by atoms with Gasteiger partial charge >= 0.3 is 0 Å². The highest BCUT2D eigenvalue weighted by Gasteiger charge is 2.24. The number of rotatable bonds is 6. The van der Waals surface area contributed by atoms with Crippen molar-refractivity contribution in [2.75, 3.05) is 51.8 Å². The molecule has 4 rings (SSSR count). The van der Waals surface area contributed by atoms with E-state index in [2.05, 4.69) is 42.7 Å². The lowest BCUT2D eigenvalue weighted by Crippen LogP contribution is -2.53. The Labute approximate surface area is 188 Å². The molecule has 10 nitrogen and oxygen atoms in total. The highest BCUT2D eigenvalue weighted by Crippen LogP contribution is 2.16. The van der Waals surface area contributed by atoms with Crippen molar-refractivity contribution in [1.82, 2.24) is 30.3 Å². The number of hydrogen-bond donors (Lipinski definition) is 2. The first-order valence-corrected chi connectivity index (χ1v) is 11.1. The molecule has 172 valence electrons. The molecular formula is C22H32N8O2. The number of piperazine rings is 1. The largest absolute Gasteiger partial charge is 0.377 e. The second-order valence-corrected chi connectivity index (χ2v) is 8.07. The van der Waals surface area contributed by atoms with Crippen molar-refractivity contribution in [1.29, 1.82) is 0 Å². The number of anilines is 1. The van der Waals surface area contributed by atoms with Crippen molar-refractivity contribution in [3.05, 3.63) is 42.0 Å². The van der Waals surface area contributed by atoms with E-state index in [-0.39, 0.29) is 18.5 Å². The molecule has 1 amide bonds. The lowest BCUT2D eigenvalue weighted by Gasteiger charge is -2.36. The quantitative estimate of drug-likeness (QED) is 0.491. The summed E-state index contributed by atoms with van der Waals surface area (Å²) in [5.74, 6) is 2.42. The summed E-state index contributed by atoms with van der Waals surface area (Å²) in [7, 11) is 3.36. The normalized spacial score (nSPS) is 18.9. The molecule has 32 heavy (non-hydrogen) atoms. The molecule has 10 heteroatoms. The van der Waals surface area contributed by atoms with E-state index >= 15 is 0 Å². The molecule has 0 saturated carbocycles. The highest BCUT2D eigenvalue weighted by atomic mass is 16.5. The topological polar surface area (TPSA) is 99.9 Å². The van der Waals surface area contributed by atoms with E-state index in [1.807, 2.05) is 27.8 Å². The number of benzene rings is 1. The lowest BCUT2D eigenvalue weighted by molar-refractivity contribution is -0.130. The SMILES string of the molecule is CN=C(NCC(=O)N1CCN(c2ccccc2)CC1)NC1CCc2nc(COC)nn2C1. The molecule has 0 radical (unpaired) electrons. The fourth-order valence-electron chi connectivity index (χ4n) is 4.18. The van der Waals surface area contributed by atoms with Gasteiger partial charge in [0.05, 0.1) is 13.1 Å². The lowest BCUT2D eigenvalue weighted by atomic mass is 10.1. The summed E-state index contributed by atoms with van der Waals surface area (Å²) >= 11 is 0. The van der Waals surface area contributed by atoms with Gasteiger partial charge in [-0.15, -0.1) is 0 Å². The molecule has 1 aromatic heterocycles. The van der Waals surface area contributed by atoms with E-state index < -0.39 is 0 Å². The molecule has 2 N–H and O–H groups in total. The van der Waals surface area contributed by atoms with Gasteiger partial charge in [0, 0.05) is 58.5 Å². The molecule has 0 aliphatic carbocycles. The Kier molecular flexibility index (Phi) is 7.21. The summed E-state index contributed by atoms with van der Waals surface area (Å²) in [6, 6.07) is 10.5. The average molecular weight is 441 g/mol. The summed E-state index contributed by atoms with van der Waals surface area (Å²) in [6.07, 6.45) is 1.78. The number of aromatic nitrogens is 3.